The normalized spacial score (nSPS) is 11.6. The number of aromatic carboxylic acids is 1. The van der Waals surface area contributed by atoms with Crippen LogP contribution in [0.15, 0.2) is 24.3 Å². The van der Waals surface area contributed by atoms with Gasteiger partial charge < -0.3 is 9.84 Å². The Morgan fingerprint density at radius 2 is 2.00 bits per heavy atom. The van der Waals surface area contributed by atoms with Crippen molar-refractivity contribution in [2.24, 2.45) is 0 Å². The largest absolute Gasteiger partial charge is 0.573 e. The fourth-order valence-corrected chi connectivity index (χ4v) is 1.71. The van der Waals surface area contributed by atoms with E-state index in [-0.39, 0.29) is 10.9 Å². The van der Waals surface area contributed by atoms with Crippen LogP contribution in [0.3, 0.4) is 0 Å². The second-order valence-corrected chi connectivity index (χ2v) is 3.84. The molecular formula is C12H8F3NO3. The fraction of sp³-hybridized carbons (Fsp3) is 0.167. The van der Waals surface area contributed by atoms with Gasteiger partial charge in [-0.15, -0.1) is 13.2 Å². The maximum Gasteiger partial charge on any atom is 0.573 e. The molecule has 0 spiro atoms. The SMILES string of the molecule is Cc1cc(C(=O)O)c2cc(OC(F)(F)F)ccc2n1. The number of halogens is 3. The van der Waals surface area contributed by atoms with Crippen molar-refractivity contribution in [1.29, 1.82) is 0 Å². The summed E-state index contributed by atoms with van der Waals surface area (Å²) in [6.45, 7) is 1.60. The monoisotopic (exact) mass is 271 g/mol. The molecule has 7 heteroatoms. The van der Waals surface area contributed by atoms with Gasteiger partial charge in [0, 0.05) is 11.1 Å². The molecule has 0 atom stereocenters. The predicted octanol–water partition coefficient (Wildman–Crippen LogP) is 3.14. The summed E-state index contributed by atoms with van der Waals surface area (Å²) in [5.41, 5.74) is 0.649. The van der Waals surface area contributed by atoms with Gasteiger partial charge in [0.25, 0.3) is 0 Å². The molecule has 0 fully saturated rings. The summed E-state index contributed by atoms with van der Waals surface area (Å²) in [5.74, 6) is -1.71. The number of carboxylic acids is 1. The number of carboxylic acid groups (broad SMARTS) is 1. The van der Waals surface area contributed by atoms with Crippen molar-refractivity contribution < 1.29 is 27.8 Å². The molecule has 0 aliphatic rings. The van der Waals surface area contributed by atoms with Gasteiger partial charge in [-0.1, -0.05) is 0 Å². The van der Waals surface area contributed by atoms with Gasteiger partial charge in [-0.2, -0.15) is 0 Å². The number of hydrogen-bond acceptors (Lipinski definition) is 3. The molecule has 100 valence electrons. The van der Waals surface area contributed by atoms with Crippen LogP contribution < -0.4 is 4.74 Å². The number of benzene rings is 1. The Morgan fingerprint density at radius 3 is 2.58 bits per heavy atom. The van der Waals surface area contributed by atoms with E-state index >= 15 is 0 Å². The first kappa shape index (κ1) is 13.1. The summed E-state index contributed by atoms with van der Waals surface area (Å²) in [6.07, 6.45) is -4.82. The van der Waals surface area contributed by atoms with Crippen molar-refractivity contribution in [3.63, 3.8) is 0 Å². The standard InChI is InChI=1S/C12H8F3NO3/c1-6-4-9(11(17)18)8-5-7(19-12(13,14)15)2-3-10(8)16-6/h2-5H,1H3,(H,17,18). The maximum atomic E-state index is 12.1. The summed E-state index contributed by atoms with van der Waals surface area (Å²) in [5, 5.41) is 9.14. The lowest BCUT2D eigenvalue weighted by Crippen LogP contribution is -2.17. The van der Waals surface area contributed by atoms with E-state index in [0.29, 0.717) is 11.2 Å². The Kier molecular flexibility index (Phi) is 3.05. The number of aromatic nitrogens is 1. The van der Waals surface area contributed by atoms with Crippen LogP contribution in [-0.4, -0.2) is 22.4 Å². The van der Waals surface area contributed by atoms with Gasteiger partial charge in [-0.05, 0) is 31.2 Å². The van der Waals surface area contributed by atoms with Gasteiger partial charge in [0.15, 0.2) is 0 Å². The number of pyridine rings is 1. The Hall–Kier alpha value is -2.31. The number of hydrogen-bond donors (Lipinski definition) is 1. The molecule has 1 aromatic heterocycles. The lowest BCUT2D eigenvalue weighted by Gasteiger charge is -2.10. The number of carbonyl (C=O) groups is 1. The van der Waals surface area contributed by atoms with Gasteiger partial charge >= 0.3 is 12.3 Å². The van der Waals surface area contributed by atoms with Crippen LogP contribution in [0, 0.1) is 6.92 Å². The number of nitrogens with zero attached hydrogens (tertiary/aromatic N) is 1. The number of rotatable bonds is 2. The van der Waals surface area contributed by atoms with Gasteiger partial charge in [-0.25, -0.2) is 4.79 Å². The van der Waals surface area contributed by atoms with Crippen LogP contribution >= 0.6 is 0 Å². The molecule has 1 aromatic carbocycles. The molecule has 1 N–H and O–H groups in total. The van der Waals surface area contributed by atoms with Gasteiger partial charge in [-0.3, -0.25) is 4.98 Å². The molecule has 0 aliphatic heterocycles. The third kappa shape index (κ3) is 2.93. The van der Waals surface area contributed by atoms with Crippen molar-refractivity contribution in [3.8, 4) is 5.75 Å². The minimum Gasteiger partial charge on any atom is -0.478 e. The number of fused-ring (bicyclic) bond motifs is 1. The molecule has 0 amide bonds. The van der Waals surface area contributed by atoms with E-state index < -0.39 is 18.1 Å². The molecule has 4 nitrogen and oxygen atoms in total. The van der Waals surface area contributed by atoms with Crippen molar-refractivity contribution in [1.82, 2.24) is 4.98 Å². The average Bonchev–Trinajstić information content (AvgIpc) is 2.26. The van der Waals surface area contributed by atoms with Gasteiger partial charge in [0.1, 0.15) is 5.75 Å². The van der Waals surface area contributed by atoms with Crippen molar-refractivity contribution in [3.05, 3.63) is 35.5 Å². The molecule has 0 aliphatic carbocycles. The summed E-state index contributed by atoms with van der Waals surface area (Å²) in [6, 6.07) is 4.69. The van der Waals surface area contributed by atoms with Crippen molar-refractivity contribution in [2.45, 2.75) is 13.3 Å². The van der Waals surface area contributed by atoms with Crippen LogP contribution in [0.5, 0.6) is 5.75 Å². The molecule has 1 heterocycles. The minimum absolute atomic E-state index is 0.0971. The maximum absolute atomic E-state index is 12.1. The van der Waals surface area contributed by atoms with Crippen LogP contribution in [0.1, 0.15) is 16.1 Å². The van der Waals surface area contributed by atoms with E-state index in [1.54, 1.807) is 6.92 Å². The Balaban J connectivity index is 2.61. The zero-order valence-electron chi connectivity index (χ0n) is 9.65. The highest BCUT2D eigenvalue weighted by Gasteiger charge is 2.31. The van der Waals surface area contributed by atoms with E-state index in [1.807, 2.05) is 0 Å². The minimum atomic E-state index is -4.82. The van der Waals surface area contributed by atoms with E-state index in [2.05, 4.69) is 9.72 Å². The number of ether oxygens (including phenoxy) is 1. The van der Waals surface area contributed by atoms with Gasteiger partial charge in [0.05, 0.1) is 11.1 Å². The molecule has 0 radical (unpaired) electrons. The quantitative estimate of drug-likeness (QED) is 0.911. The topological polar surface area (TPSA) is 59.4 Å². The first-order chi connectivity index (χ1) is 8.76. The summed E-state index contributed by atoms with van der Waals surface area (Å²) >= 11 is 0. The third-order valence-corrected chi connectivity index (χ3v) is 2.37. The van der Waals surface area contributed by atoms with E-state index in [9.17, 15) is 18.0 Å². The van der Waals surface area contributed by atoms with Gasteiger partial charge in [0.2, 0.25) is 0 Å². The van der Waals surface area contributed by atoms with Crippen LogP contribution in [0.2, 0.25) is 0 Å². The highest BCUT2D eigenvalue weighted by Crippen LogP contribution is 2.28. The highest BCUT2D eigenvalue weighted by atomic mass is 19.4. The van der Waals surface area contributed by atoms with Crippen molar-refractivity contribution in [2.75, 3.05) is 0 Å². The van der Waals surface area contributed by atoms with E-state index in [4.69, 9.17) is 5.11 Å². The molecular weight excluding hydrogens is 263 g/mol. The number of aryl methyl sites for hydroxylation is 1. The summed E-state index contributed by atoms with van der Waals surface area (Å²) in [4.78, 5) is 15.1. The summed E-state index contributed by atoms with van der Waals surface area (Å²) in [7, 11) is 0. The Morgan fingerprint density at radius 1 is 1.32 bits per heavy atom. The zero-order valence-corrected chi connectivity index (χ0v) is 9.65. The zero-order chi connectivity index (χ0) is 14.2. The van der Waals surface area contributed by atoms with E-state index in [0.717, 1.165) is 12.1 Å². The van der Waals surface area contributed by atoms with Crippen LogP contribution in [-0.2, 0) is 0 Å². The van der Waals surface area contributed by atoms with Crippen LogP contribution in [0.4, 0.5) is 13.2 Å². The lowest BCUT2D eigenvalue weighted by atomic mass is 10.1. The first-order valence-electron chi connectivity index (χ1n) is 5.17. The predicted molar refractivity (Wildman–Crippen MR) is 60.1 cm³/mol. The molecule has 0 saturated carbocycles. The van der Waals surface area contributed by atoms with Crippen LogP contribution in [0.25, 0.3) is 10.9 Å². The third-order valence-electron chi connectivity index (χ3n) is 2.37. The molecule has 2 aromatic rings. The Bertz CT molecular complexity index is 652. The lowest BCUT2D eigenvalue weighted by molar-refractivity contribution is -0.274. The number of alkyl halides is 3. The smallest absolute Gasteiger partial charge is 0.478 e. The second kappa shape index (κ2) is 4.42. The molecule has 2 rings (SSSR count). The Labute approximate surface area is 105 Å². The summed E-state index contributed by atoms with van der Waals surface area (Å²) < 4.78 is 40.1. The molecule has 0 saturated heterocycles. The fourth-order valence-electron chi connectivity index (χ4n) is 1.71. The first-order valence-corrected chi connectivity index (χ1v) is 5.17. The molecule has 0 unspecified atom stereocenters. The average molecular weight is 271 g/mol. The second-order valence-electron chi connectivity index (χ2n) is 3.84. The molecule has 0 bridgehead atoms. The molecule has 19 heavy (non-hydrogen) atoms. The van der Waals surface area contributed by atoms with E-state index in [1.165, 1.54) is 12.1 Å². The highest BCUT2D eigenvalue weighted by molar-refractivity contribution is 6.02. The van der Waals surface area contributed by atoms with Crippen molar-refractivity contribution >= 4 is 16.9 Å².